The summed E-state index contributed by atoms with van der Waals surface area (Å²) in [6.45, 7) is 0.676. The largest absolute Gasteiger partial charge is 0.463 e. The first-order valence-corrected chi connectivity index (χ1v) is 6.67. The summed E-state index contributed by atoms with van der Waals surface area (Å²) in [6.07, 6.45) is 4.50. The second kappa shape index (κ2) is 6.45. The lowest BCUT2D eigenvalue weighted by Crippen LogP contribution is -2.24. The zero-order valence-electron chi connectivity index (χ0n) is 10.1. The number of nitrogens with one attached hydrogen (secondary N) is 1. The van der Waals surface area contributed by atoms with E-state index in [2.05, 4.69) is 5.32 Å². The number of fused-ring (bicyclic) bond motifs is 1. The number of rotatable bonds is 6. The molecule has 0 atom stereocenters. The monoisotopic (exact) mass is 265 g/mol. The molecule has 18 heavy (non-hydrogen) atoms. The summed E-state index contributed by atoms with van der Waals surface area (Å²) in [5.74, 6) is 0.603. The molecule has 1 aromatic carbocycles. The van der Waals surface area contributed by atoms with Gasteiger partial charge in [0.1, 0.15) is 11.8 Å². The minimum absolute atomic E-state index is 0.0779. The first-order chi connectivity index (χ1) is 8.83. The Kier molecular flexibility index (Phi) is 4.65. The van der Waals surface area contributed by atoms with E-state index in [9.17, 15) is 4.79 Å². The molecule has 0 aliphatic rings. The van der Waals surface area contributed by atoms with Crippen molar-refractivity contribution in [3.63, 3.8) is 0 Å². The Labute approximate surface area is 111 Å². The Morgan fingerprint density at radius 2 is 2.06 bits per heavy atom. The fourth-order valence-corrected chi connectivity index (χ4v) is 2.04. The summed E-state index contributed by atoms with van der Waals surface area (Å²) >= 11 is 5.59. The lowest BCUT2D eigenvalue weighted by atomic mass is 10.1. The molecular weight excluding hydrogens is 250 g/mol. The number of alkyl halides is 1. The topological polar surface area (TPSA) is 42.2 Å². The predicted molar refractivity (Wildman–Crippen MR) is 73.1 cm³/mol. The molecule has 0 aliphatic heterocycles. The molecule has 0 radical (unpaired) electrons. The van der Waals surface area contributed by atoms with E-state index in [1.807, 2.05) is 24.3 Å². The molecule has 1 aromatic heterocycles. The molecule has 1 N–H and O–H groups in total. The average Bonchev–Trinajstić information content (AvgIpc) is 2.82. The van der Waals surface area contributed by atoms with Gasteiger partial charge in [0, 0.05) is 17.8 Å². The van der Waals surface area contributed by atoms with Gasteiger partial charge in [-0.05, 0) is 18.9 Å². The van der Waals surface area contributed by atoms with E-state index in [4.69, 9.17) is 16.0 Å². The van der Waals surface area contributed by atoms with Gasteiger partial charge in [0.25, 0.3) is 5.91 Å². The number of halogens is 1. The summed E-state index contributed by atoms with van der Waals surface area (Å²) in [5.41, 5.74) is 1.34. The number of benzene rings is 1. The summed E-state index contributed by atoms with van der Waals surface area (Å²) in [4.78, 5) is 12.0. The Balaban J connectivity index is 1.93. The van der Waals surface area contributed by atoms with Crippen LogP contribution < -0.4 is 5.32 Å². The van der Waals surface area contributed by atoms with Gasteiger partial charge < -0.3 is 9.73 Å². The normalized spacial score (nSPS) is 10.7. The number of carbonyl (C=O) groups excluding carboxylic acids is 1. The SMILES string of the molecule is O=C(NCCCCCCl)c1coc2ccccc12. The van der Waals surface area contributed by atoms with Gasteiger partial charge in [-0.3, -0.25) is 4.79 Å². The van der Waals surface area contributed by atoms with Gasteiger partial charge in [0.05, 0.1) is 5.56 Å². The number of para-hydroxylation sites is 1. The van der Waals surface area contributed by atoms with Crippen molar-refractivity contribution < 1.29 is 9.21 Å². The third-order valence-electron chi connectivity index (χ3n) is 2.82. The quantitative estimate of drug-likeness (QED) is 0.641. The second-order valence-electron chi connectivity index (χ2n) is 4.15. The van der Waals surface area contributed by atoms with Crippen molar-refractivity contribution in [2.45, 2.75) is 19.3 Å². The molecule has 0 saturated carbocycles. The van der Waals surface area contributed by atoms with E-state index in [0.29, 0.717) is 18.0 Å². The van der Waals surface area contributed by atoms with Crippen molar-refractivity contribution in [2.24, 2.45) is 0 Å². The first kappa shape index (κ1) is 13.0. The summed E-state index contributed by atoms with van der Waals surface area (Å²) in [5, 5.41) is 3.75. The molecule has 2 aromatic rings. The third-order valence-corrected chi connectivity index (χ3v) is 3.09. The zero-order valence-corrected chi connectivity index (χ0v) is 10.9. The number of carbonyl (C=O) groups is 1. The van der Waals surface area contributed by atoms with E-state index in [-0.39, 0.29) is 5.91 Å². The Morgan fingerprint density at radius 1 is 1.22 bits per heavy atom. The van der Waals surface area contributed by atoms with E-state index in [0.717, 1.165) is 30.2 Å². The number of hydrogen-bond acceptors (Lipinski definition) is 2. The van der Waals surface area contributed by atoms with Gasteiger partial charge in [0.15, 0.2) is 0 Å². The van der Waals surface area contributed by atoms with Crippen LogP contribution in [-0.2, 0) is 0 Å². The van der Waals surface area contributed by atoms with Crippen molar-refractivity contribution in [2.75, 3.05) is 12.4 Å². The summed E-state index contributed by atoms with van der Waals surface area (Å²) < 4.78 is 5.34. The van der Waals surface area contributed by atoms with Gasteiger partial charge in [-0.1, -0.05) is 24.6 Å². The highest BCUT2D eigenvalue weighted by molar-refractivity contribution is 6.17. The number of furan rings is 1. The summed E-state index contributed by atoms with van der Waals surface area (Å²) in [6, 6.07) is 7.53. The van der Waals surface area contributed by atoms with Gasteiger partial charge >= 0.3 is 0 Å². The minimum atomic E-state index is -0.0779. The minimum Gasteiger partial charge on any atom is -0.463 e. The zero-order chi connectivity index (χ0) is 12.8. The Hall–Kier alpha value is -1.48. The third kappa shape index (κ3) is 3.05. The van der Waals surface area contributed by atoms with E-state index in [1.54, 1.807) is 0 Å². The number of unbranched alkanes of at least 4 members (excludes halogenated alkanes) is 2. The Bertz CT molecular complexity index is 521. The van der Waals surface area contributed by atoms with Crippen LogP contribution in [-0.4, -0.2) is 18.3 Å². The molecule has 1 heterocycles. The van der Waals surface area contributed by atoms with E-state index >= 15 is 0 Å². The fourth-order valence-electron chi connectivity index (χ4n) is 1.85. The van der Waals surface area contributed by atoms with Crippen molar-refractivity contribution in [3.8, 4) is 0 Å². The maximum atomic E-state index is 12.0. The van der Waals surface area contributed by atoms with Crippen LogP contribution in [0.2, 0.25) is 0 Å². The summed E-state index contributed by atoms with van der Waals surface area (Å²) in [7, 11) is 0. The van der Waals surface area contributed by atoms with Crippen molar-refractivity contribution in [1.29, 1.82) is 0 Å². The highest BCUT2D eigenvalue weighted by Crippen LogP contribution is 2.20. The lowest BCUT2D eigenvalue weighted by Gasteiger charge is -2.03. The maximum absolute atomic E-state index is 12.0. The van der Waals surface area contributed by atoms with Crippen LogP contribution >= 0.6 is 11.6 Å². The molecule has 2 rings (SSSR count). The molecule has 0 saturated heterocycles. The first-order valence-electron chi connectivity index (χ1n) is 6.13. The number of hydrogen-bond donors (Lipinski definition) is 1. The second-order valence-corrected chi connectivity index (χ2v) is 4.53. The van der Waals surface area contributed by atoms with Gasteiger partial charge in [0.2, 0.25) is 0 Å². The smallest absolute Gasteiger partial charge is 0.255 e. The predicted octanol–water partition coefficient (Wildman–Crippen LogP) is 3.57. The highest BCUT2D eigenvalue weighted by atomic mass is 35.5. The Morgan fingerprint density at radius 3 is 2.89 bits per heavy atom. The molecular formula is C14H16ClNO2. The molecule has 0 fully saturated rings. The van der Waals surface area contributed by atoms with Gasteiger partial charge in [-0.15, -0.1) is 11.6 Å². The van der Waals surface area contributed by atoms with Crippen LogP contribution in [0.25, 0.3) is 11.0 Å². The van der Waals surface area contributed by atoms with Crippen molar-refractivity contribution in [1.82, 2.24) is 5.32 Å². The molecule has 96 valence electrons. The van der Waals surface area contributed by atoms with E-state index in [1.165, 1.54) is 6.26 Å². The average molecular weight is 266 g/mol. The molecule has 3 nitrogen and oxygen atoms in total. The molecule has 0 unspecified atom stereocenters. The number of amides is 1. The maximum Gasteiger partial charge on any atom is 0.255 e. The van der Waals surface area contributed by atoms with Crippen LogP contribution in [0.1, 0.15) is 29.6 Å². The van der Waals surface area contributed by atoms with Crippen LogP contribution in [0.15, 0.2) is 34.9 Å². The van der Waals surface area contributed by atoms with Crippen LogP contribution in [0, 0.1) is 0 Å². The van der Waals surface area contributed by atoms with Crippen LogP contribution in [0.3, 0.4) is 0 Å². The highest BCUT2D eigenvalue weighted by Gasteiger charge is 2.12. The van der Waals surface area contributed by atoms with E-state index < -0.39 is 0 Å². The molecule has 0 spiro atoms. The lowest BCUT2D eigenvalue weighted by molar-refractivity contribution is 0.0954. The fraction of sp³-hybridized carbons (Fsp3) is 0.357. The van der Waals surface area contributed by atoms with Gasteiger partial charge in [-0.25, -0.2) is 0 Å². The van der Waals surface area contributed by atoms with Crippen molar-refractivity contribution >= 4 is 28.5 Å². The molecule has 0 aliphatic carbocycles. The standard InChI is InChI=1S/C14H16ClNO2/c15-8-4-1-5-9-16-14(17)12-10-18-13-7-3-2-6-11(12)13/h2-3,6-7,10H,1,4-5,8-9H2,(H,16,17). The molecule has 1 amide bonds. The molecule has 4 heteroatoms. The van der Waals surface area contributed by atoms with Gasteiger partial charge in [-0.2, -0.15) is 0 Å². The van der Waals surface area contributed by atoms with Crippen LogP contribution in [0.5, 0.6) is 0 Å². The molecule has 0 bridgehead atoms. The van der Waals surface area contributed by atoms with Crippen molar-refractivity contribution in [3.05, 3.63) is 36.1 Å². The van der Waals surface area contributed by atoms with Crippen LogP contribution in [0.4, 0.5) is 0 Å².